The Balaban J connectivity index is 2.27. The highest BCUT2D eigenvalue weighted by Gasteiger charge is 2.40. The lowest BCUT2D eigenvalue weighted by Crippen LogP contribution is -2.05. The molecule has 2 nitrogen and oxygen atoms in total. The Bertz CT molecular complexity index is 411. The molecule has 4 heteroatoms. The minimum absolute atomic E-state index is 0.152. The van der Waals surface area contributed by atoms with Gasteiger partial charge in [0.1, 0.15) is 0 Å². The maximum Gasteiger partial charge on any atom is 0.335 e. The van der Waals surface area contributed by atoms with Crippen molar-refractivity contribution < 1.29 is 9.90 Å². The molecule has 0 heterocycles. The first kappa shape index (κ1) is 10.8. The van der Waals surface area contributed by atoms with E-state index in [1.807, 2.05) is 0 Å². The van der Waals surface area contributed by atoms with Crippen LogP contribution >= 0.6 is 23.2 Å². The molecule has 80 valence electrons. The number of carbonyl (C=O) groups is 1. The first-order chi connectivity index (χ1) is 6.98. The largest absolute Gasteiger partial charge is 0.478 e. The van der Waals surface area contributed by atoms with Crippen molar-refractivity contribution in [2.24, 2.45) is 0 Å². The van der Waals surface area contributed by atoms with Crippen LogP contribution in [0.1, 0.15) is 28.8 Å². The fourth-order valence-corrected chi connectivity index (χ4v) is 2.06. The molecule has 1 aromatic rings. The molecule has 0 radical (unpaired) electrons. The van der Waals surface area contributed by atoms with Crippen LogP contribution in [0.4, 0.5) is 0 Å². The third kappa shape index (κ3) is 2.64. The Kier molecular flexibility index (Phi) is 2.65. The van der Waals surface area contributed by atoms with Gasteiger partial charge in [0.15, 0.2) is 0 Å². The number of aromatic carboxylic acids is 1. The molecule has 0 unspecified atom stereocenters. The van der Waals surface area contributed by atoms with E-state index in [0.29, 0.717) is 11.4 Å². The highest BCUT2D eigenvalue weighted by molar-refractivity contribution is 6.31. The summed E-state index contributed by atoms with van der Waals surface area (Å²) in [5.41, 5.74) is 1.12. The van der Waals surface area contributed by atoms with Crippen molar-refractivity contribution in [1.29, 1.82) is 0 Å². The molecule has 1 N–H and O–H groups in total. The van der Waals surface area contributed by atoms with E-state index in [1.54, 1.807) is 12.1 Å². The topological polar surface area (TPSA) is 37.3 Å². The highest BCUT2D eigenvalue weighted by Crippen LogP contribution is 2.45. The van der Waals surface area contributed by atoms with E-state index in [4.69, 9.17) is 28.3 Å². The van der Waals surface area contributed by atoms with Crippen LogP contribution in [0.15, 0.2) is 18.2 Å². The van der Waals surface area contributed by atoms with Gasteiger partial charge in [-0.2, -0.15) is 0 Å². The van der Waals surface area contributed by atoms with Crippen molar-refractivity contribution in [3.8, 4) is 0 Å². The van der Waals surface area contributed by atoms with E-state index in [0.717, 1.165) is 18.4 Å². The highest BCUT2D eigenvalue weighted by atomic mass is 35.5. The minimum Gasteiger partial charge on any atom is -0.478 e. The second kappa shape index (κ2) is 3.69. The standard InChI is InChI=1S/C11H10Cl2O2/c12-9-4-7(6-11(13)1-2-11)3-8(5-9)10(14)15/h3-5H,1-2,6H2,(H,14,15). The van der Waals surface area contributed by atoms with E-state index in [9.17, 15) is 4.79 Å². The lowest BCUT2D eigenvalue weighted by molar-refractivity contribution is 0.0696. The molecule has 15 heavy (non-hydrogen) atoms. The van der Waals surface area contributed by atoms with Crippen molar-refractivity contribution in [2.75, 3.05) is 0 Å². The van der Waals surface area contributed by atoms with Gasteiger partial charge in [0.25, 0.3) is 0 Å². The summed E-state index contributed by atoms with van der Waals surface area (Å²) in [7, 11) is 0. The molecule has 0 atom stereocenters. The molecule has 0 aliphatic heterocycles. The van der Waals surface area contributed by atoms with E-state index >= 15 is 0 Å². The van der Waals surface area contributed by atoms with Crippen molar-refractivity contribution in [3.63, 3.8) is 0 Å². The lowest BCUT2D eigenvalue weighted by Gasteiger charge is -2.07. The van der Waals surface area contributed by atoms with Crippen LogP contribution in [0.3, 0.4) is 0 Å². The predicted octanol–water partition coefficient (Wildman–Crippen LogP) is 3.35. The number of alkyl halides is 1. The smallest absolute Gasteiger partial charge is 0.335 e. The number of benzene rings is 1. The maximum absolute atomic E-state index is 10.8. The quantitative estimate of drug-likeness (QED) is 0.829. The summed E-state index contributed by atoms with van der Waals surface area (Å²) < 4.78 is 0. The SMILES string of the molecule is O=C(O)c1cc(Cl)cc(CC2(Cl)CC2)c1. The molecule has 1 fully saturated rings. The number of halogens is 2. The van der Waals surface area contributed by atoms with Gasteiger partial charge in [0, 0.05) is 9.90 Å². The molecule has 1 aliphatic carbocycles. The fraction of sp³-hybridized carbons (Fsp3) is 0.364. The molecule has 1 saturated carbocycles. The van der Waals surface area contributed by atoms with Crippen molar-refractivity contribution in [1.82, 2.24) is 0 Å². The third-order valence-corrected chi connectivity index (χ3v) is 3.25. The molecule has 0 bridgehead atoms. The molecule has 0 spiro atoms. The molecule has 0 amide bonds. The van der Waals surface area contributed by atoms with Crippen LogP contribution in [-0.4, -0.2) is 16.0 Å². The average Bonchev–Trinajstić information content (AvgIpc) is 2.81. The Morgan fingerprint density at radius 2 is 2.07 bits per heavy atom. The van der Waals surface area contributed by atoms with Gasteiger partial charge >= 0.3 is 5.97 Å². The second-order valence-electron chi connectivity index (χ2n) is 3.98. The molecule has 1 aromatic carbocycles. The van der Waals surface area contributed by atoms with Gasteiger partial charge in [0.05, 0.1) is 5.56 Å². The van der Waals surface area contributed by atoms with E-state index < -0.39 is 5.97 Å². The first-order valence-corrected chi connectivity index (χ1v) is 5.46. The number of carboxylic acid groups (broad SMARTS) is 1. The van der Waals surface area contributed by atoms with E-state index in [2.05, 4.69) is 0 Å². The summed E-state index contributed by atoms with van der Waals surface area (Å²) >= 11 is 12.0. The van der Waals surface area contributed by atoms with Crippen LogP contribution in [0.25, 0.3) is 0 Å². The van der Waals surface area contributed by atoms with Gasteiger partial charge in [-0.1, -0.05) is 11.6 Å². The molecule has 0 saturated heterocycles. The van der Waals surface area contributed by atoms with Crippen LogP contribution in [-0.2, 0) is 6.42 Å². The van der Waals surface area contributed by atoms with Gasteiger partial charge in [-0.3, -0.25) is 0 Å². The van der Waals surface area contributed by atoms with Gasteiger partial charge in [-0.25, -0.2) is 4.79 Å². The summed E-state index contributed by atoms with van der Waals surface area (Å²) in [5, 5.41) is 9.31. The van der Waals surface area contributed by atoms with Crippen LogP contribution in [0.2, 0.25) is 5.02 Å². The van der Waals surface area contributed by atoms with Crippen molar-refractivity contribution >= 4 is 29.2 Å². The Morgan fingerprint density at radius 1 is 1.40 bits per heavy atom. The first-order valence-electron chi connectivity index (χ1n) is 4.70. The summed E-state index contributed by atoms with van der Waals surface area (Å²) in [6.07, 6.45) is 2.67. The summed E-state index contributed by atoms with van der Waals surface area (Å²) in [5.74, 6) is -0.960. The second-order valence-corrected chi connectivity index (χ2v) is 5.22. The number of rotatable bonds is 3. The zero-order valence-electron chi connectivity index (χ0n) is 7.96. The van der Waals surface area contributed by atoms with Crippen molar-refractivity contribution in [3.05, 3.63) is 34.3 Å². The minimum atomic E-state index is -0.960. The zero-order valence-corrected chi connectivity index (χ0v) is 9.48. The van der Waals surface area contributed by atoms with Crippen molar-refractivity contribution in [2.45, 2.75) is 24.1 Å². The summed E-state index contributed by atoms with van der Waals surface area (Å²) in [6, 6.07) is 4.86. The number of hydrogen-bond donors (Lipinski definition) is 1. The fourth-order valence-electron chi connectivity index (χ4n) is 1.55. The number of hydrogen-bond acceptors (Lipinski definition) is 1. The Morgan fingerprint density at radius 3 is 2.60 bits per heavy atom. The van der Waals surface area contributed by atoms with Crippen LogP contribution in [0, 0.1) is 0 Å². The normalized spacial score (nSPS) is 17.5. The lowest BCUT2D eigenvalue weighted by atomic mass is 10.1. The summed E-state index contributed by atoms with van der Waals surface area (Å²) in [4.78, 5) is 10.6. The van der Waals surface area contributed by atoms with Gasteiger partial charge in [-0.15, -0.1) is 11.6 Å². The molecular formula is C11H10Cl2O2. The summed E-state index contributed by atoms with van der Waals surface area (Å²) in [6.45, 7) is 0. The van der Waals surface area contributed by atoms with E-state index in [-0.39, 0.29) is 10.4 Å². The third-order valence-electron chi connectivity index (χ3n) is 2.52. The van der Waals surface area contributed by atoms with Crippen LogP contribution < -0.4 is 0 Å². The number of carboxylic acids is 1. The van der Waals surface area contributed by atoms with Gasteiger partial charge < -0.3 is 5.11 Å². The monoisotopic (exact) mass is 244 g/mol. The van der Waals surface area contributed by atoms with Gasteiger partial charge in [-0.05, 0) is 43.0 Å². The molecular weight excluding hydrogens is 235 g/mol. The predicted molar refractivity (Wildman–Crippen MR) is 59.9 cm³/mol. The molecule has 1 aliphatic rings. The van der Waals surface area contributed by atoms with Crippen LogP contribution in [0.5, 0.6) is 0 Å². The molecule has 0 aromatic heterocycles. The average molecular weight is 245 g/mol. The molecule has 2 rings (SSSR count). The maximum atomic E-state index is 10.8. The van der Waals surface area contributed by atoms with E-state index in [1.165, 1.54) is 6.07 Å². The Labute approximate surface area is 97.8 Å². The zero-order chi connectivity index (χ0) is 11.1. The van der Waals surface area contributed by atoms with Gasteiger partial charge in [0.2, 0.25) is 0 Å². The Hall–Kier alpha value is -0.730.